The molecular formula is C23H36FN3O3. The maximum atomic E-state index is 13.9. The number of nitrogens with one attached hydrogen (secondary N) is 2. The zero-order valence-corrected chi connectivity index (χ0v) is 18.1. The number of benzene rings is 1. The molecular weight excluding hydrogens is 385 g/mol. The Morgan fingerprint density at radius 2 is 2.10 bits per heavy atom. The third-order valence-corrected chi connectivity index (χ3v) is 5.91. The van der Waals surface area contributed by atoms with Crippen LogP contribution < -0.4 is 10.6 Å². The van der Waals surface area contributed by atoms with Crippen LogP contribution in [0, 0.1) is 11.7 Å². The smallest absolute Gasteiger partial charge is 0.191 e. The lowest BCUT2D eigenvalue weighted by Crippen LogP contribution is -2.41. The van der Waals surface area contributed by atoms with Gasteiger partial charge in [-0.3, -0.25) is 4.99 Å². The second kappa shape index (κ2) is 12.2. The number of halogens is 1. The fourth-order valence-electron chi connectivity index (χ4n) is 4.04. The molecule has 1 aromatic carbocycles. The van der Waals surface area contributed by atoms with Gasteiger partial charge >= 0.3 is 0 Å². The Morgan fingerprint density at radius 3 is 2.83 bits per heavy atom. The zero-order valence-electron chi connectivity index (χ0n) is 18.1. The number of ether oxygens (including phenoxy) is 3. The summed E-state index contributed by atoms with van der Waals surface area (Å²) in [6, 6.07) is 6.94. The summed E-state index contributed by atoms with van der Waals surface area (Å²) in [5, 5.41) is 6.71. The number of rotatable bonds is 10. The lowest BCUT2D eigenvalue weighted by atomic mass is 9.74. The Labute approximate surface area is 179 Å². The van der Waals surface area contributed by atoms with Gasteiger partial charge in [-0.2, -0.15) is 0 Å². The molecule has 7 heteroatoms. The van der Waals surface area contributed by atoms with Crippen molar-refractivity contribution in [3.63, 3.8) is 0 Å². The summed E-state index contributed by atoms with van der Waals surface area (Å²) in [4.78, 5) is 4.86. The number of hydrogen-bond acceptors (Lipinski definition) is 4. The molecule has 3 rings (SSSR count). The van der Waals surface area contributed by atoms with Gasteiger partial charge < -0.3 is 24.8 Å². The Bertz CT molecular complexity index is 659. The quantitative estimate of drug-likeness (QED) is 0.346. The Hall–Kier alpha value is -1.70. The fraction of sp³-hybridized carbons (Fsp3) is 0.696. The van der Waals surface area contributed by atoms with Crippen LogP contribution in [0.1, 0.15) is 38.2 Å². The molecule has 168 valence electrons. The van der Waals surface area contributed by atoms with Gasteiger partial charge in [0.05, 0.1) is 19.8 Å². The molecule has 30 heavy (non-hydrogen) atoms. The normalized spacial score (nSPS) is 21.5. The van der Waals surface area contributed by atoms with Gasteiger partial charge in [0.15, 0.2) is 5.96 Å². The van der Waals surface area contributed by atoms with E-state index in [0.717, 1.165) is 76.7 Å². The predicted molar refractivity (Wildman–Crippen MR) is 116 cm³/mol. The molecule has 0 bridgehead atoms. The van der Waals surface area contributed by atoms with Crippen LogP contribution in [-0.2, 0) is 19.6 Å². The van der Waals surface area contributed by atoms with Crippen molar-refractivity contribution in [1.82, 2.24) is 10.6 Å². The monoisotopic (exact) mass is 421 g/mol. The van der Waals surface area contributed by atoms with E-state index in [9.17, 15) is 4.39 Å². The topological polar surface area (TPSA) is 64.1 Å². The van der Waals surface area contributed by atoms with Crippen molar-refractivity contribution in [2.24, 2.45) is 10.9 Å². The van der Waals surface area contributed by atoms with E-state index in [0.29, 0.717) is 25.7 Å². The van der Waals surface area contributed by atoms with Gasteiger partial charge in [-0.15, -0.1) is 0 Å². The first-order valence-corrected chi connectivity index (χ1v) is 11.2. The number of hydrogen-bond donors (Lipinski definition) is 2. The van der Waals surface area contributed by atoms with E-state index < -0.39 is 0 Å². The lowest BCUT2D eigenvalue weighted by Gasteiger charge is -2.36. The minimum absolute atomic E-state index is 0.185. The molecule has 1 atom stereocenters. The van der Waals surface area contributed by atoms with Crippen molar-refractivity contribution < 1.29 is 18.6 Å². The third-order valence-electron chi connectivity index (χ3n) is 5.91. The van der Waals surface area contributed by atoms with E-state index in [1.54, 1.807) is 12.1 Å². The summed E-state index contributed by atoms with van der Waals surface area (Å²) < 4.78 is 30.6. The molecule has 2 aliphatic rings. The highest BCUT2D eigenvalue weighted by Crippen LogP contribution is 2.35. The molecule has 1 aromatic rings. The second-order valence-corrected chi connectivity index (χ2v) is 8.18. The molecule has 6 nitrogen and oxygen atoms in total. The van der Waals surface area contributed by atoms with Crippen LogP contribution in [0.3, 0.4) is 0 Å². The highest BCUT2D eigenvalue weighted by Gasteiger charge is 2.34. The summed E-state index contributed by atoms with van der Waals surface area (Å²) >= 11 is 0. The predicted octanol–water partition coefficient (Wildman–Crippen LogP) is 2.87. The van der Waals surface area contributed by atoms with Gasteiger partial charge in [-0.1, -0.05) is 12.1 Å². The van der Waals surface area contributed by atoms with Crippen LogP contribution >= 0.6 is 0 Å². The van der Waals surface area contributed by atoms with Crippen molar-refractivity contribution in [1.29, 1.82) is 0 Å². The Morgan fingerprint density at radius 1 is 1.23 bits per heavy atom. The van der Waals surface area contributed by atoms with Crippen LogP contribution in [-0.4, -0.2) is 65.2 Å². The van der Waals surface area contributed by atoms with Crippen molar-refractivity contribution in [2.45, 2.75) is 38.0 Å². The first kappa shape index (κ1) is 23.0. The summed E-state index contributed by atoms with van der Waals surface area (Å²) in [6.45, 7) is 8.81. The molecule has 0 amide bonds. The molecule has 0 aromatic heterocycles. The van der Waals surface area contributed by atoms with Crippen molar-refractivity contribution in [3.8, 4) is 0 Å². The van der Waals surface area contributed by atoms with Crippen LogP contribution in [0.2, 0.25) is 0 Å². The van der Waals surface area contributed by atoms with Crippen molar-refractivity contribution in [3.05, 3.63) is 35.6 Å². The molecule has 0 aliphatic carbocycles. The maximum Gasteiger partial charge on any atom is 0.191 e. The van der Waals surface area contributed by atoms with E-state index in [1.807, 2.05) is 6.07 Å². The van der Waals surface area contributed by atoms with Crippen molar-refractivity contribution in [2.75, 3.05) is 59.3 Å². The minimum atomic E-state index is -0.198. The van der Waals surface area contributed by atoms with Gasteiger partial charge in [-0.05, 0) is 50.3 Å². The van der Waals surface area contributed by atoms with E-state index in [2.05, 4.69) is 17.6 Å². The van der Waals surface area contributed by atoms with E-state index in [4.69, 9.17) is 19.2 Å². The van der Waals surface area contributed by atoms with E-state index >= 15 is 0 Å². The highest BCUT2D eigenvalue weighted by atomic mass is 19.1. The Balaban J connectivity index is 1.51. The molecule has 0 radical (unpaired) electrons. The first-order valence-electron chi connectivity index (χ1n) is 11.2. The number of guanidine groups is 1. The molecule has 2 aliphatic heterocycles. The van der Waals surface area contributed by atoms with Gasteiger partial charge in [0, 0.05) is 50.8 Å². The molecule has 2 fully saturated rings. The maximum absolute atomic E-state index is 13.9. The summed E-state index contributed by atoms with van der Waals surface area (Å²) in [6.07, 6.45) is 3.71. The van der Waals surface area contributed by atoms with Gasteiger partial charge in [0.1, 0.15) is 5.82 Å². The number of nitrogens with zero attached hydrogens (tertiary/aromatic N) is 1. The average molecular weight is 422 g/mol. The van der Waals surface area contributed by atoms with Gasteiger partial charge in [-0.25, -0.2) is 4.39 Å². The summed E-state index contributed by atoms with van der Waals surface area (Å²) in [5.74, 6) is 1.15. The SMILES string of the molecule is CCNC(=NCC1(c2cccc(F)c2)CCOCC1)NCCCOCC1CCOC1. The minimum Gasteiger partial charge on any atom is -0.381 e. The van der Waals surface area contributed by atoms with Crippen LogP contribution in [0.5, 0.6) is 0 Å². The van der Waals surface area contributed by atoms with E-state index in [1.165, 1.54) is 6.07 Å². The van der Waals surface area contributed by atoms with Gasteiger partial charge in [0.25, 0.3) is 0 Å². The molecule has 0 spiro atoms. The molecule has 2 heterocycles. The van der Waals surface area contributed by atoms with Crippen LogP contribution in [0.4, 0.5) is 4.39 Å². The molecule has 1 unspecified atom stereocenters. The average Bonchev–Trinajstić information content (AvgIpc) is 3.28. The van der Waals surface area contributed by atoms with E-state index in [-0.39, 0.29) is 11.2 Å². The first-order chi connectivity index (χ1) is 14.7. The van der Waals surface area contributed by atoms with Crippen LogP contribution in [0.25, 0.3) is 0 Å². The Kier molecular flexibility index (Phi) is 9.36. The molecule has 2 saturated heterocycles. The molecule has 2 N–H and O–H groups in total. The van der Waals surface area contributed by atoms with Crippen LogP contribution in [0.15, 0.2) is 29.3 Å². The molecule has 0 saturated carbocycles. The largest absolute Gasteiger partial charge is 0.381 e. The highest BCUT2D eigenvalue weighted by molar-refractivity contribution is 5.79. The van der Waals surface area contributed by atoms with Gasteiger partial charge in [0.2, 0.25) is 0 Å². The summed E-state index contributed by atoms with van der Waals surface area (Å²) in [7, 11) is 0. The van der Waals surface area contributed by atoms with Crippen molar-refractivity contribution >= 4 is 5.96 Å². The zero-order chi connectivity index (χ0) is 21.1. The fourth-order valence-corrected chi connectivity index (χ4v) is 4.04. The lowest BCUT2D eigenvalue weighted by molar-refractivity contribution is 0.0530. The standard InChI is InChI=1S/C23H36FN3O3/c1-2-25-22(26-10-4-11-29-16-19-7-12-30-17-19)27-18-23(8-13-28-14-9-23)20-5-3-6-21(24)15-20/h3,5-6,15,19H,2,4,7-14,16-18H2,1H3,(H2,25,26,27). The second-order valence-electron chi connectivity index (χ2n) is 8.18. The third kappa shape index (κ3) is 6.93. The summed E-state index contributed by atoms with van der Waals surface area (Å²) in [5.41, 5.74) is 0.824. The number of aliphatic imine (C=N–C) groups is 1.